The Morgan fingerprint density at radius 1 is 1.12 bits per heavy atom. The fourth-order valence-electron chi connectivity index (χ4n) is 5.08. The van der Waals surface area contributed by atoms with Crippen LogP contribution in [0.1, 0.15) is 20.3 Å². The number of piperidine rings is 1. The number of likely N-dealkylation sites (tertiary alicyclic amines) is 1. The average molecular weight is 484 g/mol. The number of fused-ring (bicyclic) bond motifs is 1. The summed E-state index contributed by atoms with van der Waals surface area (Å²) < 4.78 is 1.71. The molecule has 2 fully saturated rings. The van der Waals surface area contributed by atoms with Crippen LogP contribution in [0, 0.1) is 11.8 Å². The summed E-state index contributed by atoms with van der Waals surface area (Å²) >= 11 is 1.53. The molecule has 12 heteroatoms. The van der Waals surface area contributed by atoms with Crippen molar-refractivity contribution in [3.05, 3.63) is 30.3 Å². The first-order valence-corrected chi connectivity index (χ1v) is 12.5. The van der Waals surface area contributed by atoms with Gasteiger partial charge in [-0.25, -0.2) is 9.79 Å². The summed E-state index contributed by atoms with van der Waals surface area (Å²) in [7, 11) is 1.69. The predicted molar refractivity (Wildman–Crippen MR) is 127 cm³/mol. The van der Waals surface area contributed by atoms with E-state index in [-0.39, 0.29) is 5.91 Å². The first-order valence-electron chi connectivity index (χ1n) is 11.6. The quantitative estimate of drug-likeness (QED) is 0.633. The van der Waals surface area contributed by atoms with Crippen LogP contribution in [-0.2, 0) is 4.79 Å². The number of imide groups is 1. The van der Waals surface area contributed by atoms with E-state index in [2.05, 4.69) is 44.5 Å². The van der Waals surface area contributed by atoms with E-state index < -0.39 is 18.2 Å². The summed E-state index contributed by atoms with van der Waals surface area (Å²) in [5, 5.41) is 15.3. The van der Waals surface area contributed by atoms with Crippen LogP contribution in [0.2, 0.25) is 0 Å². The molecule has 1 aromatic carbocycles. The molecule has 2 aromatic rings. The Morgan fingerprint density at radius 2 is 1.85 bits per heavy atom. The zero-order valence-corrected chi connectivity index (χ0v) is 20.4. The number of para-hydroxylation sites is 1. The van der Waals surface area contributed by atoms with Gasteiger partial charge in [0.25, 0.3) is 5.91 Å². The Bertz CT molecular complexity index is 1080. The molecule has 3 amide bonds. The number of hydrogen-bond acceptors (Lipinski definition) is 9. The summed E-state index contributed by atoms with van der Waals surface area (Å²) in [5.74, 6) is 2.22. The predicted octanol–water partition coefficient (Wildman–Crippen LogP) is 1.28. The minimum Gasteiger partial charge on any atom is -0.342 e. The molecule has 180 valence electrons. The number of carbonyl (C=O) groups excluding carboxylic acids is 2. The highest BCUT2D eigenvalue weighted by atomic mass is 32.2. The first-order chi connectivity index (χ1) is 16.4. The van der Waals surface area contributed by atoms with Crippen molar-refractivity contribution < 1.29 is 9.59 Å². The minimum atomic E-state index is -0.545. The van der Waals surface area contributed by atoms with Crippen LogP contribution in [0.25, 0.3) is 5.69 Å². The van der Waals surface area contributed by atoms with Gasteiger partial charge in [-0.15, -0.1) is 5.10 Å². The van der Waals surface area contributed by atoms with Crippen LogP contribution in [0.5, 0.6) is 0 Å². The molecule has 11 nitrogen and oxygen atoms in total. The van der Waals surface area contributed by atoms with Gasteiger partial charge in [-0.1, -0.05) is 43.8 Å². The molecule has 0 bridgehead atoms. The van der Waals surface area contributed by atoms with E-state index in [9.17, 15) is 9.59 Å². The lowest BCUT2D eigenvalue weighted by Gasteiger charge is -2.41. The maximum absolute atomic E-state index is 12.9. The molecule has 1 N–H and O–H groups in total. The van der Waals surface area contributed by atoms with Gasteiger partial charge in [0, 0.05) is 32.4 Å². The van der Waals surface area contributed by atoms with Crippen molar-refractivity contribution in [2.45, 2.75) is 37.6 Å². The Kier molecular flexibility index (Phi) is 6.15. The molecule has 3 aliphatic heterocycles. The normalized spacial score (nSPS) is 27.0. The van der Waals surface area contributed by atoms with Crippen LogP contribution in [-0.4, -0.2) is 97.4 Å². The Balaban J connectivity index is 1.35. The summed E-state index contributed by atoms with van der Waals surface area (Å²) in [5.41, 5.74) is 0.890. The highest BCUT2D eigenvalue weighted by Gasteiger charge is 2.50. The fourth-order valence-corrected chi connectivity index (χ4v) is 5.90. The zero-order chi connectivity index (χ0) is 23.8. The number of guanidine groups is 1. The molecule has 0 aliphatic carbocycles. The van der Waals surface area contributed by atoms with E-state index in [4.69, 9.17) is 4.99 Å². The van der Waals surface area contributed by atoms with Gasteiger partial charge in [-0.3, -0.25) is 10.1 Å². The van der Waals surface area contributed by atoms with Crippen LogP contribution >= 0.6 is 11.8 Å². The largest absolute Gasteiger partial charge is 0.342 e. The maximum Gasteiger partial charge on any atom is 0.325 e. The van der Waals surface area contributed by atoms with Crippen molar-refractivity contribution in [3.8, 4) is 5.69 Å². The molecule has 3 aliphatic rings. The van der Waals surface area contributed by atoms with Crippen molar-refractivity contribution in [2.75, 3.05) is 32.4 Å². The maximum atomic E-state index is 12.9. The van der Waals surface area contributed by atoms with E-state index in [1.165, 1.54) is 23.1 Å². The summed E-state index contributed by atoms with van der Waals surface area (Å²) in [6, 6.07) is 8.79. The number of aromatic nitrogens is 4. The van der Waals surface area contributed by atoms with Crippen molar-refractivity contribution in [3.63, 3.8) is 0 Å². The van der Waals surface area contributed by atoms with Gasteiger partial charge in [0.1, 0.15) is 0 Å². The molecule has 2 saturated heterocycles. The van der Waals surface area contributed by atoms with Crippen molar-refractivity contribution in [1.29, 1.82) is 0 Å². The standard InChI is InChI=1S/C22H29N9O2S/c1-14-11-15(2)13-29(12-14)20-23-18-17(19(32)24-21(33)28(18)3)30(20)9-10-34-22-25-26-27-31(22)16-7-5-4-6-8-16/h4-8,14-15,17-18H,9-13H2,1-3H3,(H,24,32,33). The third kappa shape index (κ3) is 4.22. The van der Waals surface area contributed by atoms with Gasteiger partial charge >= 0.3 is 6.03 Å². The molecule has 4 atom stereocenters. The number of urea groups is 1. The topological polar surface area (TPSA) is 112 Å². The second kappa shape index (κ2) is 9.24. The zero-order valence-electron chi connectivity index (χ0n) is 19.5. The van der Waals surface area contributed by atoms with E-state index in [0.717, 1.165) is 24.7 Å². The van der Waals surface area contributed by atoms with Gasteiger partial charge in [-0.05, 0) is 40.8 Å². The lowest BCUT2D eigenvalue weighted by Crippen LogP contribution is -2.64. The minimum absolute atomic E-state index is 0.302. The summed E-state index contributed by atoms with van der Waals surface area (Å²) in [6.07, 6.45) is 0.650. The second-order valence-corrected chi connectivity index (χ2v) is 10.4. The first kappa shape index (κ1) is 22.6. The number of nitrogens with zero attached hydrogens (tertiary/aromatic N) is 8. The average Bonchev–Trinajstić information content (AvgIpc) is 3.43. The SMILES string of the molecule is CC1CC(C)CN(C2=NC3C(C(=O)NC(=O)N3C)N2CCSc2nnnn2-c2ccccc2)C1. The number of likely N-dealkylation sites (N-methyl/N-ethyl adjacent to an activating group) is 1. The van der Waals surface area contributed by atoms with Gasteiger partial charge in [0.2, 0.25) is 5.16 Å². The molecular formula is C22H29N9O2S. The van der Waals surface area contributed by atoms with Gasteiger partial charge < -0.3 is 14.7 Å². The number of aliphatic imine (C=N–C) groups is 1. The molecule has 0 saturated carbocycles. The Labute approximate surface area is 202 Å². The molecule has 34 heavy (non-hydrogen) atoms. The number of benzene rings is 1. The number of thioether (sulfide) groups is 1. The second-order valence-electron chi connectivity index (χ2n) is 9.29. The highest BCUT2D eigenvalue weighted by Crippen LogP contribution is 2.30. The third-order valence-corrected chi connectivity index (χ3v) is 7.39. The van der Waals surface area contributed by atoms with Gasteiger partial charge in [0.05, 0.1) is 5.69 Å². The van der Waals surface area contributed by atoms with E-state index in [1.807, 2.05) is 30.3 Å². The molecule has 1 aromatic heterocycles. The molecule has 0 spiro atoms. The number of rotatable bonds is 5. The Morgan fingerprint density at radius 3 is 2.59 bits per heavy atom. The number of nitrogens with one attached hydrogen (secondary N) is 1. The number of amides is 3. The van der Waals surface area contributed by atoms with Crippen molar-refractivity contribution in [1.82, 2.24) is 40.2 Å². The molecule has 4 heterocycles. The molecule has 0 radical (unpaired) electrons. The van der Waals surface area contributed by atoms with Crippen LogP contribution in [0.15, 0.2) is 40.5 Å². The highest BCUT2D eigenvalue weighted by molar-refractivity contribution is 7.99. The van der Waals surface area contributed by atoms with Crippen LogP contribution in [0.3, 0.4) is 0 Å². The number of tetrazole rings is 1. The molecule has 5 rings (SSSR count). The van der Waals surface area contributed by atoms with Crippen molar-refractivity contribution in [2.24, 2.45) is 16.8 Å². The van der Waals surface area contributed by atoms with E-state index in [1.54, 1.807) is 11.7 Å². The van der Waals surface area contributed by atoms with Gasteiger partial charge in [-0.2, -0.15) is 4.68 Å². The molecule has 4 unspecified atom stereocenters. The third-order valence-electron chi connectivity index (χ3n) is 6.50. The van der Waals surface area contributed by atoms with Crippen LogP contribution in [0.4, 0.5) is 4.79 Å². The van der Waals surface area contributed by atoms with Crippen molar-refractivity contribution >= 4 is 29.7 Å². The smallest absolute Gasteiger partial charge is 0.325 e. The lowest BCUT2D eigenvalue weighted by atomic mass is 9.92. The monoisotopic (exact) mass is 483 g/mol. The summed E-state index contributed by atoms with van der Waals surface area (Å²) in [4.78, 5) is 35.9. The fraction of sp³-hybridized carbons (Fsp3) is 0.545. The van der Waals surface area contributed by atoms with Gasteiger partial charge in [0.15, 0.2) is 18.2 Å². The van der Waals surface area contributed by atoms with E-state index >= 15 is 0 Å². The number of carbonyl (C=O) groups is 2. The summed E-state index contributed by atoms with van der Waals surface area (Å²) in [6.45, 7) is 6.84. The van der Waals surface area contributed by atoms with E-state index in [0.29, 0.717) is 29.3 Å². The molecular weight excluding hydrogens is 454 g/mol. The number of hydrogen-bond donors (Lipinski definition) is 1. The Hall–Kier alpha value is -3.15. The van der Waals surface area contributed by atoms with Crippen LogP contribution < -0.4 is 5.32 Å². The lowest BCUT2D eigenvalue weighted by molar-refractivity contribution is -0.127.